The van der Waals surface area contributed by atoms with Crippen LogP contribution in [-0.2, 0) is 11.3 Å². The molecule has 31 heavy (non-hydrogen) atoms. The van der Waals surface area contributed by atoms with Crippen LogP contribution >= 0.6 is 0 Å². The zero-order valence-corrected chi connectivity index (χ0v) is 19.0. The van der Waals surface area contributed by atoms with Crippen molar-refractivity contribution in [2.24, 2.45) is 0 Å². The number of hydrogen-bond acceptors (Lipinski definition) is 6. The summed E-state index contributed by atoms with van der Waals surface area (Å²) in [6, 6.07) is 14.0. The fraction of sp³-hybridized carbons (Fsp3) is 0.520. The number of aryl methyl sites for hydroxylation is 2. The molecule has 0 saturated carbocycles. The molecule has 1 atom stereocenters. The van der Waals surface area contributed by atoms with E-state index in [4.69, 9.17) is 14.2 Å². The average molecular weight is 429 g/mol. The highest BCUT2D eigenvalue weighted by Gasteiger charge is 2.17. The summed E-state index contributed by atoms with van der Waals surface area (Å²) < 4.78 is 16.4. The molecule has 1 saturated heterocycles. The zero-order chi connectivity index (χ0) is 22.1. The van der Waals surface area contributed by atoms with E-state index in [0.29, 0.717) is 6.54 Å². The van der Waals surface area contributed by atoms with Gasteiger partial charge in [0, 0.05) is 39.3 Å². The predicted octanol–water partition coefficient (Wildman–Crippen LogP) is 2.89. The Labute approximate surface area is 186 Å². The molecule has 2 aromatic rings. The monoisotopic (exact) mass is 428 g/mol. The highest BCUT2D eigenvalue weighted by molar-refractivity contribution is 5.31. The van der Waals surface area contributed by atoms with Gasteiger partial charge >= 0.3 is 0 Å². The van der Waals surface area contributed by atoms with Crippen molar-refractivity contribution in [1.82, 2.24) is 9.80 Å². The van der Waals surface area contributed by atoms with Gasteiger partial charge in [-0.25, -0.2) is 0 Å². The van der Waals surface area contributed by atoms with Crippen molar-refractivity contribution in [1.29, 1.82) is 0 Å². The van der Waals surface area contributed by atoms with E-state index in [1.165, 1.54) is 16.7 Å². The maximum Gasteiger partial charge on any atom is 0.119 e. The summed E-state index contributed by atoms with van der Waals surface area (Å²) in [4.78, 5) is 4.76. The van der Waals surface area contributed by atoms with Crippen molar-refractivity contribution in [2.45, 2.75) is 26.5 Å². The standard InChI is InChI=1S/C25H36N2O4/c1-20-4-5-22(21(2)16-20)17-27(11-10-26-12-14-30-15-13-26)18-23(28)19-31-25-8-6-24(29-3)7-9-25/h4-9,16,23,28H,10-15,17-19H2,1-3H3/t23-/m0/s1. The Kier molecular flexibility index (Phi) is 9.15. The lowest BCUT2D eigenvalue weighted by atomic mass is 10.1. The van der Waals surface area contributed by atoms with Gasteiger partial charge in [-0.15, -0.1) is 0 Å². The number of benzene rings is 2. The molecule has 0 aromatic heterocycles. The summed E-state index contributed by atoms with van der Waals surface area (Å²) in [5.74, 6) is 1.52. The molecule has 6 heteroatoms. The lowest BCUT2D eigenvalue weighted by molar-refractivity contribution is 0.0255. The van der Waals surface area contributed by atoms with Crippen LogP contribution in [0.1, 0.15) is 16.7 Å². The van der Waals surface area contributed by atoms with Crippen LogP contribution in [0.15, 0.2) is 42.5 Å². The van der Waals surface area contributed by atoms with E-state index < -0.39 is 6.10 Å². The molecule has 1 heterocycles. The van der Waals surface area contributed by atoms with Crippen molar-refractivity contribution >= 4 is 0 Å². The van der Waals surface area contributed by atoms with Crippen LogP contribution in [0.3, 0.4) is 0 Å². The predicted molar refractivity (Wildman–Crippen MR) is 123 cm³/mol. The van der Waals surface area contributed by atoms with Gasteiger partial charge in [-0.1, -0.05) is 23.8 Å². The minimum atomic E-state index is -0.572. The average Bonchev–Trinajstić information content (AvgIpc) is 2.79. The number of hydrogen-bond donors (Lipinski definition) is 1. The molecule has 0 bridgehead atoms. The Morgan fingerprint density at radius 2 is 1.77 bits per heavy atom. The molecule has 1 aliphatic rings. The van der Waals surface area contributed by atoms with Gasteiger partial charge in [0.05, 0.1) is 20.3 Å². The summed E-state index contributed by atoms with van der Waals surface area (Å²) in [5.41, 5.74) is 3.87. The Hall–Kier alpha value is -2.12. The lowest BCUT2D eigenvalue weighted by Crippen LogP contribution is -2.43. The van der Waals surface area contributed by atoms with Gasteiger partial charge in [-0.2, -0.15) is 0 Å². The third kappa shape index (κ3) is 7.82. The first-order chi connectivity index (χ1) is 15.0. The van der Waals surface area contributed by atoms with Crippen molar-refractivity contribution in [3.8, 4) is 11.5 Å². The highest BCUT2D eigenvalue weighted by Crippen LogP contribution is 2.18. The molecule has 6 nitrogen and oxygen atoms in total. The number of aliphatic hydroxyl groups excluding tert-OH is 1. The lowest BCUT2D eigenvalue weighted by Gasteiger charge is -2.31. The molecular formula is C25H36N2O4. The van der Waals surface area contributed by atoms with E-state index in [9.17, 15) is 5.11 Å². The summed E-state index contributed by atoms with van der Waals surface area (Å²) in [7, 11) is 1.64. The van der Waals surface area contributed by atoms with Crippen molar-refractivity contribution in [3.63, 3.8) is 0 Å². The molecule has 1 N–H and O–H groups in total. The molecule has 170 valence electrons. The Balaban J connectivity index is 1.56. The normalized spacial score (nSPS) is 15.8. The highest BCUT2D eigenvalue weighted by atomic mass is 16.5. The number of nitrogens with zero attached hydrogens (tertiary/aromatic N) is 2. The summed E-state index contributed by atoms with van der Waals surface area (Å²) >= 11 is 0. The van der Waals surface area contributed by atoms with E-state index in [0.717, 1.165) is 57.4 Å². The fourth-order valence-corrected chi connectivity index (χ4v) is 3.82. The molecule has 1 fully saturated rings. The Morgan fingerprint density at radius 1 is 1.06 bits per heavy atom. The molecule has 0 aliphatic carbocycles. The van der Waals surface area contributed by atoms with Crippen LogP contribution in [0, 0.1) is 13.8 Å². The van der Waals surface area contributed by atoms with Crippen LogP contribution in [-0.4, -0.2) is 80.7 Å². The summed E-state index contributed by atoms with van der Waals surface area (Å²) in [6.07, 6.45) is -0.572. The summed E-state index contributed by atoms with van der Waals surface area (Å²) in [5, 5.41) is 10.7. The molecule has 0 spiro atoms. The first kappa shape index (κ1) is 23.5. The largest absolute Gasteiger partial charge is 0.497 e. The van der Waals surface area contributed by atoms with E-state index >= 15 is 0 Å². The molecular weight excluding hydrogens is 392 g/mol. The molecule has 2 aromatic carbocycles. The van der Waals surface area contributed by atoms with Crippen molar-refractivity contribution < 1.29 is 19.3 Å². The van der Waals surface area contributed by atoms with Crippen LogP contribution in [0.2, 0.25) is 0 Å². The van der Waals surface area contributed by atoms with Crippen LogP contribution in [0.5, 0.6) is 11.5 Å². The van der Waals surface area contributed by atoms with Crippen molar-refractivity contribution in [2.75, 3.05) is 59.7 Å². The molecule has 0 radical (unpaired) electrons. The van der Waals surface area contributed by atoms with Crippen molar-refractivity contribution in [3.05, 3.63) is 59.2 Å². The van der Waals surface area contributed by atoms with E-state index in [-0.39, 0.29) is 6.61 Å². The minimum absolute atomic E-state index is 0.257. The van der Waals surface area contributed by atoms with Gasteiger partial charge in [0.15, 0.2) is 0 Å². The number of ether oxygens (including phenoxy) is 3. The number of methoxy groups -OCH3 is 1. The van der Waals surface area contributed by atoms with E-state index in [1.807, 2.05) is 24.3 Å². The van der Waals surface area contributed by atoms with Crippen LogP contribution < -0.4 is 9.47 Å². The van der Waals surface area contributed by atoms with Gasteiger partial charge in [0.1, 0.15) is 24.2 Å². The smallest absolute Gasteiger partial charge is 0.119 e. The van der Waals surface area contributed by atoms with Gasteiger partial charge in [0.2, 0.25) is 0 Å². The second-order valence-corrected chi connectivity index (χ2v) is 8.26. The third-order valence-corrected chi connectivity index (χ3v) is 5.70. The maximum atomic E-state index is 10.7. The van der Waals surface area contributed by atoms with Crippen LogP contribution in [0.25, 0.3) is 0 Å². The molecule has 3 rings (SSSR count). The van der Waals surface area contributed by atoms with Gasteiger partial charge in [-0.3, -0.25) is 9.80 Å². The Bertz CT molecular complexity index is 791. The van der Waals surface area contributed by atoms with Gasteiger partial charge in [-0.05, 0) is 49.2 Å². The molecule has 0 unspecified atom stereocenters. The zero-order valence-electron chi connectivity index (χ0n) is 19.0. The third-order valence-electron chi connectivity index (χ3n) is 5.70. The second kappa shape index (κ2) is 12.1. The second-order valence-electron chi connectivity index (χ2n) is 8.26. The number of morpholine rings is 1. The SMILES string of the molecule is COc1ccc(OC[C@@H](O)CN(CCN2CCOCC2)Cc2ccc(C)cc2C)cc1. The van der Waals surface area contributed by atoms with Gasteiger partial charge in [0.25, 0.3) is 0 Å². The first-order valence-electron chi connectivity index (χ1n) is 11.1. The maximum absolute atomic E-state index is 10.7. The Morgan fingerprint density at radius 3 is 2.45 bits per heavy atom. The van der Waals surface area contributed by atoms with E-state index in [1.54, 1.807) is 7.11 Å². The number of rotatable bonds is 11. The quantitative estimate of drug-likeness (QED) is 0.594. The molecule has 1 aliphatic heterocycles. The molecule has 0 amide bonds. The van der Waals surface area contributed by atoms with E-state index in [2.05, 4.69) is 41.8 Å². The first-order valence-corrected chi connectivity index (χ1v) is 11.1. The fourth-order valence-electron chi connectivity index (χ4n) is 3.82. The number of aliphatic hydroxyl groups is 1. The van der Waals surface area contributed by atoms with Gasteiger partial charge < -0.3 is 19.3 Å². The minimum Gasteiger partial charge on any atom is -0.497 e. The van der Waals surface area contributed by atoms with Crippen LogP contribution in [0.4, 0.5) is 0 Å². The topological polar surface area (TPSA) is 54.4 Å². The summed E-state index contributed by atoms with van der Waals surface area (Å²) in [6.45, 7) is 11.3.